The van der Waals surface area contributed by atoms with Gasteiger partial charge in [-0.25, -0.2) is 0 Å². The van der Waals surface area contributed by atoms with Crippen LogP contribution in [-0.2, 0) is 10.5 Å². The Bertz CT molecular complexity index is 539. The average molecular weight is 318 g/mol. The molecule has 0 radical (unpaired) electrons. The summed E-state index contributed by atoms with van der Waals surface area (Å²) in [7, 11) is 0. The van der Waals surface area contributed by atoms with Crippen LogP contribution in [0.3, 0.4) is 0 Å². The van der Waals surface area contributed by atoms with Crippen molar-refractivity contribution < 1.29 is 9.90 Å². The fourth-order valence-corrected chi connectivity index (χ4v) is 3.56. The van der Waals surface area contributed by atoms with Crippen molar-refractivity contribution in [2.45, 2.75) is 31.6 Å². The Morgan fingerprint density at radius 1 is 1.41 bits per heavy atom. The molecule has 5 heteroatoms. The van der Waals surface area contributed by atoms with Crippen LogP contribution in [0.5, 0.6) is 0 Å². The molecule has 22 heavy (non-hydrogen) atoms. The van der Waals surface area contributed by atoms with Crippen molar-refractivity contribution in [1.82, 2.24) is 4.90 Å². The molecule has 1 amide bonds. The molecule has 2 rings (SSSR count). The predicted molar refractivity (Wildman–Crippen MR) is 88.3 cm³/mol. The second kappa shape index (κ2) is 8.21. The minimum Gasteiger partial charge on any atom is -0.396 e. The van der Waals surface area contributed by atoms with Crippen LogP contribution < -0.4 is 0 Å². The highest BCUT2D eigenvalue weighted by Gasteiger charge is 2.28. The second-order valence-electron chi connectivity index (χ2n) is 5.82. The SMILES string of the molecule is CC1CCC(CO)CN1C(=O)CSCc1ccc(C#N)cc1. The highest BCUT2D eigenvalue weighted by Crippen LogP contribution is 2.23. The molecule has 0 aromatic heterocycles. The van der Waals surface area contributed by atoms with Crippen LogP contribution in [-0.4, -0.2) is 40.9 Å². The van der Waals surface area contributed by atoms with E-state index in [1.54, 1.807) is 23.9 Å². The minimum atomic E-state index is 0.157. The van der Waals surface area contributed by atoms with Crippen LogP contribution in [0, 0.1) is 17.2 Å². The van der Waals surface area contributed by atoms with Gasteiger partial charge in [0, 0.05) is 24.9 Å². The Balaban J connectivity index is 1.80. The summed E-state index contributed by atoms with van der Waals surface area (Å²) in [4.78, 5) is 14.3. The van der Waals surface area contributed by atoms with Gasteiger partial charge in [-0.3, -0.25) is 4.79 Å². The van der Waals surface area contributed by atoms with E-state index in [0.29, 0.717) is 17.9 Å². The maximum absolute atomic E-state index is 12.3. The van der Waals surface area contributed by atoms with Gasteiger partial charge in [-0.15, -0.1) is 11.8 Å². The summed E-state index contributed by atoms with van der Waals surface area (Å²) in [5, 5.41) is 18.0. The van der Waals surface area contributed by atoms with E-state index >= 15 is 0 Å². The molecule has 1 aliphatic rings. The van der Waals surface area contributed by atoms with Gasteiger partial charge >= 0.3 is 0 Å². The third-order valence-electron chi connectivity index (χ3n) is 4.14. The van der Waals surface area contributed by atoms with Crippen molar-refractivity contribution in [3.8, 4) is 6.07 Å². The van der Waals surface area contributed by atoms with Crippen LogP contribution in [0.25, 0.3) is 0 Å². The number of piperidine rings is 1. The Hall–Kier alpha value is -1.51. The van der Waals surface area contributed by atoms with E-state index in [0.717, 1.165) is 24.2 Å². The normalized spacial score (nSPS) is 21.4. The quantitative estimate of drug-likeness (QED) is 0.905. The number of thioether (sulfide) groups is 1. The van der Waals surface area contributed by atoms with Gasteiger partial charge in [0.05, 0.1) is 17.4 Å². The Labute approximate surface area is 136 Å². The maximum Gasteiger partial charge on any atom is 0.232 e. The molecule has 1 N–H and O–H groups in total. The van der Waals surface area contributed by atoms with Crippen molar-refractivity contribution in [3.05, 3.63) is 35.4 Å². The standard InChI is InChI=1S/C17H22N2O2S/c1-13-2-3-16(10-20)9-19(13)17(21)12-22-11-15-6-4-14(8-18)5-7-15/h4-7,13,16,20H,2-3,9-12H2,1H3. The summed E-state index contributed by atoms with van der Waals surface area (Å²) in [6, 6.07) is 9.83. The molecule has 2 unspecified atom stereocenters. The van der Waals surface area contributed by atoms with Gasteiger partial charge in [-0.1, -0.05) is 12.1 Å². The smallest absolute Gasteiger partial charge is 0.232 e. The first-order valence-electron chi connectivity index (χ1n) is 7.61. The van der Waals surface area contributed by atoms with Gasteiger partial charge in [0.25, 0.3) is 0 Å². The number of rotatable bonds is 5. The number of nitrogens with zero attached hydrogens (tertiary/aromatic N) is 2. The Morgan fingerprint density at radius 2 is 2.14 bits per heavy atom. The molecule has 1 aromatic rings. The number of aliphatic hydroxyl groups excluding tert-OH is 1. The lowest BCUT2D eigenvalue weighted by molar-refractivity contribution is -0.133. The molecule has 1 aromatic carbocycles. The van der Waals surface area contributed by atoms with E-state index in [-0.39, 0.29) is 24.5 Å². The van der Waals surface area contributed by atoms with E-state index in [1.807, 2.05) is 17.0 Å². The topological polar surface area (TPSA) is 64.3 Å². The van der Waals surface area contributed by atoms with Crippen LogP contribution in [0.4, 0.5) is 0 Å². The van der Waals surface area contributed by atoms with Crippen molar-refractivity contribution >= 4 is 17.7 Å². The van der Waals surface area contributed by atoms with E-state index < -0.39 is 0 Å². The zero-order valence-electron chi connectivity index (χ0n) is 12.9. The maximum atomic E-state index is 12.3. The van der Waals surface area contributed by atoms with E-state index in [2.05, 4.69) is 13.0 Å². The molecule has 0 aliphatic carbocycles. The summed E-state index contributed by atoms with van der Waals surface area (Å²) in [5.41, 5.74) is 1.78. The predicted octanol–water partition coefficient (Wildman–Crippen LogP) is 2.41. The first-order chi connectivity index (χ1) is 10.6. The molecule has 1 fully saturated rings. The molecule has 118 valence electrons. The molecule has 2 atom stereocenters. The third kappa shape index (κ3) is 4.49. The van der Waals surface area contributed by atoms with Crippen molar-refractivity contribution in [2.24, 2.45) is 5.92 Å². The second-order valence-corrected chi connectivity index (χ2v) is 6.81. The lowest BCUT2D eigenvalue weighted by Crippen LogP contribution is -2.47. The largest absolute Gasteiger partial charge is 0.396 e. The molecule has 0 bridgehead atoms. The van der Waals surface area contributed by atoms with Crippen LogP contribution in [0.1, 0.15) is 30.9 Å². The Morgan fingerprint density at radius 3 is 2.77 bits per heavy atom. The number of nitriles is 1. The summed E-state index contributed by atoms with van der Waals surface area (Å²) in [5.74, 6) is 1.61. The summed E-state index contributed by atoms with van der Waals surface area (Å²) < 4.78 is 0. The number of benzene rings is 1. The highest BCUT2D eigenvalue weighted by atomic mass is 32.2. The zero-order chi connectivity index (χ0) is 15.9. The molecule has 0 spiro atoms. The molecule has 0 saturated carbocycles. The summed E-state index contributed by atoms with van der Waals surface area (Å²) in [6.07, 6.45) is 1.97. The van der Waals surface area contributed by atoms with Gasteiger partial charge in [0.15, 0.2) is 0 Å². The fraction of sp³-hybridized carbons (Fsp3) is 0.529. The van der Waals surface area contributed by atoms with Crippen molar-refractivity contribution in [2.75, 3.05) is 18.9 Å². The Kier molecular flexibility index (Phi) is 6.29. The zero-order valence-corrected chi connectivity index (χ0v) is 13.7. The molecule has 1 heterocycles. The van der Waals surface area contributed by atoms with Crippen LogP contribution in [0.15, 0.2) is 24.3 Å². The molecular formula is C17H22N2O2S. The third-order valence-corrected chi connectivity index (χ3v) is 5.12. The van der Waals surface area contributed by atoms with Gasteiger partial charge in [-0.05, 0) is 43.4 Å². The number of hydrogen-bond donors (Lipinski definition) is 1. The average Bonchev–Trinajstić information content (AvgIpc) is 2.55. The number of likely N-dealkylation sites (tertiary alicyclic amines) is 1. The molecule has 4 nitrogen and oxygen atoms in total. The van der Waals surface area contributed by atoms with Gasteiger partial charge in [0.1, 0.15) is 0 Å². The number of carbonyl (C=O) groups excluding carboxylic acids is 1. The van der Waals surface area contributed by atoms with E-state index in [4.69, 9.17) is 5.26 Å². The van der Waals surface area contributed by atoms with Crippen LogP contribution >= 0.6 is 11.8 Å². The molecular weight excluding hydrogens is 296 g/mol. The minimum absolute atomic E-state index is 0.157. The number of aliphatic hydroxyl groups is 1. The number of amides is 1. The lowest BCUT2D eigenvalue weighted by atomic mass is 9.94. The van der Waals surface area contributed by atoms with Gasteiger partial charge in [0.2, 0.25) is 5.91 Å². The highest BCUT2D eigenvalue weighted by molar-refractivity contribution is 7.99. The first kappa shape index (κ1) is 16.9. The lowest BCUT2D eigenvalue weighted by Gasteiger charge is -2.37. The molecule has 1 saturated heterocycles. The van der Waals surface area contributed by atoms with Crippen molar-refractivity contribution in [3.63, 3.8) is 0 Å². The van der Waals surface area contributed by atoms with E-state index in [1.165, 1.54) is 0 Å². The summed E-state index contributed by atoms with van der Waals surface area (Å²) >= 11 is 1.60. The van der Waals surface area contributed by atoms with Crippen LogP contribution in [0.2, 0.25) is 0 Å². The van der Waals surface area contributed by atoms with E-state index in [9.17, 15) is 9.90 Å². The molecule has 1 aliphatic heterocycles. The van der Waals surface area contributed by atoms with Gasteiger partial charge < -0.3 is 10.0 Å². The first-order valence-corrected chi connectivity index (χ1v) is 8.76. The summed E-state index contributed by atoms with van der Waals surface area (Å²) in [6.45, 7) is 2.92. The monoisotopic (exact) mass is 318 g/mol. The van der Waals surface area contributed by atoms with Crippen molar-refractivity contribution in [1.29, 1.82) is 5.26 Å². The number of carbonyl (C=O) groups is 1. The van der Waals surface area contributed by atoms with Gasteiger partial charge in [-0.2, -0.15) is 5.26 Å². The fourth-order valence-electron chi connectivity index (χ4n) is 2.69. The number of hydrogen-bond acceptors (Lipinski definition) is 4.